The molecular formula is C23H21F3N2O3S2. The number of halogens is 3. The van der Waals surface area contributed by atoms with Gasteiger partial charge in [0.1, 0.15) is 17.1 Å². The van der Waals surface area contributed by atoms with Gasteiger partial charge < -0.3 is 10.5 Å². The molecule has 0 saturated heterocycles. The molecule has 2 N–H and O–H groups in total. The highest BCUT2D eigenvalue weighted by molar-refractivity contribution is 7.90. The number of nitrogens with two attached hydrogens (primary N) is 1. The lowest BCUT2D eigenvalue weighted by atomic mass is 10.1. The highest BCUT2D eigenvalue weighted by Crippen LogP contribution is 2.32. The Kier molecular flexibility index (Phi) is 7.28. The van der Waals surface area contributed by atoms with Crippen LogP contribution in [0.1, 0.15) is 11.8 Å². The SMILES string of the molecule is CCOc1ccccc1N=C(C=C(N)C(F)(F)F)c1cc(-c2cccc(S(C)(=O)=O)c2)cs1. The topological polar surface area (TPSA) is 81.8 Å². The zero-order valence-electron chi connectivity index (χ0n) is 17.8. The Balaban J connectivity index is 2.11. The summed E-state index contributed by atoms with van der Waals surface area (Å²) in [6.07, 6.45) is -2.83. The second-order valence-electron chi connectivity index (χ2n) is 6.99. The van der Waals surface area contributed by atoms with Crippen LogP contribution in [0.3, 0.4) is 0 Å². The standard InChI is InChI=1S/C23H21F3N2O3S2/c1-3-31-20-10-5-4-9-18(20)28-19(13-22(27)23(24,25)26)21-12-16(14-32-21)15-7-6-8-17(11-15)33(2,29)30/h4-14H,3,27H2,1-2H3. The minimum Gasteiger partial charge on any atom is -0.492 e. The van der Waals surface area contributed by atoms with Gasteiger partial charge in [-0.05, 0) is 59.8 Å². The third kappa shape index (κ3) is 6.23. The number of rotatable bonds is 7. The lowest BCUT2D eigenvalue weighted by Crippen LogP contribution is -2.20. The number of sulfone groups is 1. The van der Waals surface area contributed by atoms with Crippen LogP contribution in [0, 0.1) is 0 Å². The van der Waals surface area contributed by atoms with Gasteiger partial charge in [0.05, 0.1) is 22.1 Å². The summed E-state index contributed by atoms with van der Waals surface area (Å²) in [6.45, 7) is 2.15. The van der Waals surface area contributed by atoms with Crippen LogP contribution in [-0.2, 0) is 9.84 Å². The van der Waals surface area contributed by atoms with Gasteiger partial charge in [-0.25, -0.2) is 13.4 Å². The van der Waals surface area contributed by atoms with E-state index >= 15 is 0 Å². The lowest BCUT2D eigenvalue weighted by molar-refractivity contribution is -0.0925. The number of thiophene rings is 1. The molecule has 0 aliphatic heterocycles. The maximum absolute atomic E-state index is 13.2. The van der Waals surface area contributed by atoms with Crippen LogP contribution < -0.4 is 10.5 Å². The second-order valence-corrected chi connectivity index (χ2v) is 9.92. The summed E-state index contributed by atoms with van der Waals surface area (Å²) in [5.74, 6) is 0.425. The Morgan fingerprint density at radius 2 is 1.85 bits per heavy atom. The Labute approximate surface area is 194 Å². The van der Waals surface area contributed by atoms with Gasteiger partial charge in [-0.3, -0.25) is 0 Å². The molecule has 0 amide bonds. The van der Waals surface area contributed by atoms with Gasteiger partial charge in [0.25, 0.3) is 0 Å². The monoisotopic (exact) mass is 494 g/mol. The molecule has 5 nitrogen and oxygen atoms in total. The van der Waals surface area contributed by atoms with E-state index < -0.39 is 21.7 Å². The molecule has 174 valence electrons. The molecule has 0 atom stereocenters. The zero-order valence-corrected chi connectivity index (χ0v) is 19.4. The van der Waals surface area contributed by atoms with Crippen LogP contribution in [0.4, 0.5) is 18.9 Å². The molecule has 0 aliphatic rings. The van der Waals surface area contributed by atoms with Crippen molar-refractivity contribution in [1.82, 2.24) is 0 Å². The average molecular weight is 495 g/mol. The van der Waals surface area contributed by atoms with Crippen LogP contribution in [0.15, 0.2) is 81.6 Å². The highest BCUT2D eigenvalue weighted by atomic mass is 32.2. The van der Waals surface area contributed by atoms with E-state index in [2.05, 4.69) is 4.99 Å². The maximum atomic E-state index is 13.2. The molecule has 0 unspecified atom stereocenters. The van der Waals surface area contributed by atoms with Crippen molar-refractivity contribution in [2.45, 2.75) is 18.0 Å². The number of aliphatic imine (C=N–C) groups is 1. The fourth-order valence-electron chi connectivity index (χ4n) is 2.87. The van der Waals surface area contributed by atoms with Crippen LogP contribution in [0.2, 0.25) is 0 Å². The molecule has 10 heteroatoms. The van der Waals surface area contributed by atoms with Crippen LogP contribution in [0.25, 0.3) is 11.1 Å². The van der Waals surface area contributed by atoms with Gasteiger partial charge in [0.15, 0.2) is 9.84 Å². The molecule has 0 saturated carbocycles. The number of hydrogen-bond acceptors (Lipinski definition) is 6. The normalized spacial score (nSPS) is 13.2. The first-order valence-corrected chi connectivity index (χ1v) is 12.5. The summed E-state index contributed by atoms with van der Waals surface area (Å²) in [5.41, 5.74) is 5.62. The van der Waals surface area contributed by atoms with Gasteiger partial charge in [-0.2, -0.15) is 13.2 Å². The second kappa shape index (κ2) is 9.80. The minimum atomic E-state index is -4.72. The predicted molar refractivity (Wildman–Crippen MR) is 125 cm³/mol. The highest BCUT2D eigenvalue weighted by Gasteiger charge is 2.32. The number of alkyl halides is 3. The summed E-state index contributed by atoms with van der Waals surface area (Å²) < 4.78 is 68.8. The van der Waals surface area contributed by atoms with Crippen molar-refractivity contribution in [2.75, 3.05) is 12.9 Å². The lowest BCUT2D eigenvalue weighted by Gasteiger charge is -2.09. The van der Waals surface area contributed by atoms with Gasteiger partial charge in [-0.15, -0.1) is 11.3 Å². The van der Waals surface area contributed by atoms with Crippen molar-refractivity contribution in [3.8, 4) is 16.9 Å². The predicted octanol–water partition coefficient (Wildman–Crippen LogP) is 5.74. The molecule has 1 heterocycles. The molecule has 0 spiro atoms. The molecule has 1 aromatic heterocycles. The van der Waals surface area contributed by atoms with Crippen molar-refractivity contribution in [2.24, 2.45) is 10.7 Å². The molecule has 2 aromatic carbocycles. The van der Waals surface area contributed by atoms with Crippen LogP contribution >= 0.6 is 11.3 Å². The first kappa shape index (κ1) is 24.5. The van der Waals surface area contributed by atoms with E-state index in [1.54, 1.807) is 54.8 Å². The van der Waals surface area contributed by atoms with Gasteiger partial charge in [0, 0.05) is 6.26 Å². The number of benzene rings is 2. The maximum Gasteiger partial charge on any atom is 0.430 e. The van der Waals surface area contributed by atoms with Crippen LogP contribution in [-0.4, -0.2) is 33.2 Å². The summed E-state index contributed by atoms with van der Waals surface area (Å²) in [6, 6.07) is 14.7. The van der Waals surface area contributed by atoms with Gasteiger partial charge >= 0.3 is 6.18 Å². The summed E-state index contributed by atoms with van der Waals surface area (Å²) in [5, 5.41) is 1.72. The minimum absolute atomic E-state index is 0.00694. The molecule has 0 aliphatic carbocycles. The van der Waals surface area contributed by atoms with E-state index in [-0.39, 0.29) is 10.6 Å². The third-order valence-corrected chi connectivity index (χ3v) is 6.54. The first-order chi connectivity index (χ1) is 15.5. The van der Waals surface area contributed by atoms with Gasteiger partial charge in [0.2, 0.25) is 0 Å². The van der Waals surface area contributed by atoms with E-state index in [4.69, 9.17) is 10.5 Å². The molecule has 33 heavy (non-hydrogen) atoms. The van der Waals surface area contributed by atoms with E-state index in [9.17, 15) is 21.6 Å². The summed E-state index contributed by atoms with van der Waals surface area (Å²) >= 11 is 1.17. The quantitative estimate of drug-likeness (QED) is 0.425. The number of nitrogens with zero attached hydrogens (tertiary/aromatic N) is 1. The molecule has 3 aromatic rings. The fourth-order valence-corrected chi connectivity index (χ4v) is 4.42. The van der Waals surface area contributed by atoms with Crippen molar-refractivity contribution >= 4 is 32.6 Å². The Morgan fingerprint density at radius 1 is 1.12 bits per heavy atom. The van der Waals surface area contributed by atoms with Crippen molar-refractivity contribution in [3.63, 3.8) is 0 Å². The number of allylic oxidation sites excluding steroid dienone is 2. The molecule has 3 rings (SSSR count). The fraction of sp³-hybridized carbons (Fsp3) is 0.174. The Morgan fingerprint density at radius 3 is 2.52 bits per heavy atom. The van der Waals surface area contributed by atoms with E-state index in [0.29, 0.717) is 34.0 Å². The molecule has 0 fully saturated rings. The van der Waals surface area contributed by atoms with Crippen molar-refractivity contribution < 1.29 is 26.3 Å². The average Bonchev–Trinajstić information content (AvgIpc) is 3.24. The van der Waals surface area contributed by atoms with Crippen LogP contribution in [0.5, 0.6) is 5.75 Å². The molecule has 0 radical (unpaired) electrons. The number of para-hydroxylation sites is 2. The van der Waals surface area contributed by atoms with E-state index in [1.807, 2.05) is 0 Å². The number of ether oxygens (including phenoxy) is 1. The zero-order chi connectivity index (χ0) is 24.2. The Bertz CT molecular complexity index is 1310. The van der Waals surface area contributed by atoms with Crippen molar-refractivity contribution in [3.05, 3.63) is 76.6 Å². The summed E-state index contributed by atoms with van der Waals surface area (Å²) in [4.78, 5) is 4.99. The van der Waals surface area contributed by atoms with E-state index in [1.165, 1.54) is 23.5 Å². The third-order valence-electron chi connectivity index (χ3n) is 4.47. The van der Waals surface area contributed by atoms with E-state index in [0.717, 1.165) is 12.3 Å². The first-order valence-electron chi connectivity index (χ1n) is 9.73. The van der Waals surface area contributed by atoms with Crippen molar-refractivity contribution in [1.29, 1.82) is 0 Å². The largest absolute Gasteiger partial charge is 0.492 e. The van der Waals surface area contributed by atoms with Gasteiger partial charge in [-0.1, -0.05) is 24.3 Å². The molecular weight excluding hydrogens is 473 g/mol. The summed E-state index contributed by atoms with van der Waals surface area (Å²) in [7, 11) is -3.41. The Hall–Kier alpha value is -3.11. The smallest absolute Gasteiger partial charge is 0.430 e. The molecule has 0 bridgehead atoms. The number of hydrogen-bond donors (Lipinski definition) is 1.